The second-order valence-corrected chi connectivity index (χ2v) is 4.21. The number of rotatable bonds is 5. The molecule has 3 nitrogen and oxygen atoms in total. The Morgan fingerprint density at radius 2 is 2.20 bits per heavy atom. The van der Waals surface area contributed by atoms with Gasteiger partial charge in [-0.2, -0.15) is 5.10 Å². The van der Waals surface area contributed by atoms with Gasteiger partial charge in [0.1, 0.15) is 5.78 Å². The summed E-state index contributed by atoms with van der Waals surface area (Å²) in [5.74, 6) is 0.473. The van der Waals surface area contributed by atoms with Crippen molar-refractivity contribution in [2.75, 3.05) is 0 Å². The van der Waals surface area contributed by atoms with Crippen molar-refractivity contribution in [2.45, 2.75) is 47.1 Å². The molecule has 1 rings (SSSR count). The lowest BCUT2D eigenvalue weighted by Gasteiger charge is -2.05. The van der Waals surface area contributed by atoms with Gasteiger partial charge in [0, 0.05) is 24.6 Å². The number of ketones is 1. The van der Waals surface area contributed by atoms with Crippen molar-refractivity contribution < 1.29 is 4.79 Å². The van der Waals surface area contributed by atoms with Crippen LogP contribution in [-0.2, 0) is 17.8 Å². The van der Waals surface area contributed by atoms with E-state index in [0.29, 0.717) is 12.2 Å². The first-order chi connectivity index (χ1) is 7.04. The van der Waals surface area contributed by atoms with Crippen LogP contribution in [0.15, 0.2) is 6.07 Å². The molecule has 1 heterocycles. The van der Waals surface area contributed by atoms with E-state index in [4.69, 9.17) is 0 Å². The number of nitrogens with zero attached hydrogens (tertiary/aromatic N) is 2. The van der Waals surface area contributed by atoms with Crippen molar-refractivity contribution in [1.82, 2.24) is 9.78 Å². The van der Waals surface area contributed by atoms with Crippen molar-refractivity contribution >= 4 is 5.78 Å². The molecule has 15 heavy (non-hydrogen) atoms. The molecule has 0 saturated heterocycles. The molecular formula is C12H20N2O. The van der Waals surface area contributed by atoms with Gasteiger partial charge in [-0.15, -0.1) is 0 Å². The van der Waals surface area contributed by atoms with Crippen molar-refractivity contribution in [3.63, 3.8) is 0 Å². The first-order valence-electron chi connectivity index (χ1n) is 5.60. The van der Waals surface area contributed by atoms with Gasteiger partial charge in [-0.3, -0.25) is 9.48 Å². The molecule has 0 N–H and O–H groups in total. The SMILES string of the molecule is CCn1nc(C)cc1CCC(=O)C(C)C. The largest absolute Gasteiger partial charge is 0.299 e. The summed E-state index contributed by atoms with van der Waals surface area (Å²) in [5, 5.41) is 4.36. The van der Waals surface area contributed by atoms with Crippen LogP contribution in [0.3, 0.4) is 0 Å². The summed E-state index contributed by atoms with van der Waals surface area (Å²) in [4.78, 5) is 11.5. The van der Waals surface area contributed by atoms with Crippen LogP contribution in [0.2, 0.25) is 0 Å². The zero-order valence-electron chi connectivity index (χ0n) is 10.1. The Hall–Kier alpha value is -1.12. The van der Waals surface area contributed by atoms with Gasteiger partial charge in [0.05, 0.1) is 5.69 Å². The fourth-order valence-corrected chi connectivity index (χ4v) is 1.61. The van der Waals surface area contributed by atoms with Gasteiger partial charge in [0.2, 0.25) is 0 Å². The maximum atomic E-state index is 11.5. The predicted molar refractivity (Wildman–Crippen MR) is 60.8 cm³/mol. The third kappa shape index (κ3) is 3.18. The highest BCUT2D eigenvalue weighted by Gasteiger charge is 2.10. The quantitative estimate of drug-likeness (QED) is 0.744. The Bertz CT molecular complexity index is 339. The van der Waals surface area contributed by atoms with Crippen LogP contribution in [0, 0.1) is 12.8 Å². The Balaban J connectivity index is 2.60. The molecule has 0 radical (unpaired) electrons. The molecule has 84 valence electrons. The number of carbonyl (C=O) groups is 1. The molecule has 0 atom stereocenters. The third-order valence-electron chi connectivity index (χ3n) is 2.56. The van der Waals surface area contributed by atoms with E-state index >= 15 is 0 Å². The second-order valence-electron chi connectivity index (χ2n) is 4.21. The summed E-state index contributed by atoms with van der Waals surface area (Å²) in [5.41, 5.74) is 2.20. The topological polar surface area (TPSA) is 34.9 Å². The van der Waals surface area contributed by atoms with Crippen molar-refractivity contribution in [3.05, 3.63) is 17.5 Å². The minimum atomic E-state index is 0.143. The summed E-state index contributed by atoms with van der Waals surface area (Å²) in [6.45, 7) is 8.83. The molecule has 3 heteroatoms. The average Bonchev–Trinajstić information content (AvgIpc) is 2.55. The Morgan fingerprint density at radius 3 is 2.73 bits per heavy atom. The van der Waals surface area contributed by atoms with E-state index in [2.05, 4.69) is 18.1 Å². The molecular weight excluding hydrogens is 188 g/mol. The summed E-state index contributed by atoms with van der Waals surface area (Å²) in [7, 11) is 0. The first-order valence-corrected chi connectivity index (χ1v) is 5.60. The first kappa shape index (κ1) is 12.0. The number of aryl methyl sites for hydroxylation is 3. The van der Waals surface area contributed by atoms with Crippen molar-refractivity contribution in [3.8, 4) is 0 Å². The van der Waals surface area contributed by atoms with Crippen LogP contribution < -0.4 is 0 Å². The number of hydrogen-bond acceptors (Lipinski definition) is 2. The second kappa shape index (κ2) is 5.10. The summed E-state index contributed by atoms with van der Waals surface area (Å²) in [6.07, 6.45) is 1.44. The van der Waals surface area contributed by atoms with E-state index in [1.54, 1.807) is 0 Å². The number of hydrogen-bond donors (Lipinski definition) is 0. The molecule has 0 aromatic carbocycles. The van der Waals surface area contributed by atoms with Crippen LogP contribution in [0.4, 0.5) is 0 Å². The Morgan fingerprint density at radius 1 is 1.53 bits per heavy atom. The standard InChI is InChI=1S/C12H20N2O/c1-5-14-11(8-10(4)13-14)6-7-12(15)9(2)3/h8-9H,5-7H2,1-4H3. The number of carbonyl (C=O) groups excluding carboxylic acids is 1. The summed E-state index contributed by atoms with van der Waals surface area (Å²) < 4.78 is 1.98. The maximum Gasteiger partial charge on any atom is 0.135 e. The van der Waals surface area contributed by atoms with Crippen LogP contribution in [-0.4, -0.2) is 15.6 Å². The summed E-state index contributed by atoms with van der Waals surface area (Å²) >= 11 is 0. The highest BCUT2D eigenvalue weighted by molar-refractivity contribution is 5.80. The maximum absolute atomic E-state index is 11.5. The van der Waals surface area contributed by atoms with Gasteiger partial charge in [-0.05, 0) is 26.3 Å². The van der Waals surface area contributed by atoms with E-state index in [1.165, 1.54) is 5.69 Å². The normalized spacial score (nSPS) is 11.0. The van der Waals surface area contributed by atoms with Crippen molar-refractivity contribution in [1.29, 1.82) is 0 Å². The number of Topliss-reactive ketones (excluding diaryl/α,β-unsaturated/α-hetero) is 1. The van der Waals surface area contributed by atoms with E-state index < -0.39 is 0 Å². The van der Waals surface area contributed by atoms with Gasteiger partial charge in [-0.25, -0.2) is 0 Å². The van der Waals surface area contributed by atoms with E-state index in [9.17, 15) is 4.79 Å². The van der Waals surface area contributed by atoms with Crippen LogP contribution in [0.25, 0.3) is 0 Å². The molecule has 0 amide bonds. The smallest absolute Gasteiger partial charge is 0.135 e. The Kier molecular flexibility index (Phi) is 4.06. The van der Waals surface area contributed by atoms with Gasteiger partial charge in [-0.1, -0.05) is 13.8 Å². The zero-order valence-corrected chi connectivity index (χ0v) is 10.1. The molecule has 0 aliphatic carbocycles. The molecule has 0 aliphatic heterocycles. The molecule has 0 fully saturated rings. The van der Waals surface area contributed by atoms with Gasteiger partial charge in [0.15, 0.2) is 0 Å². The van der Waals surface area contributed by atoms with Crippen LogP contribution in [0.1, 0.15) is 38.6 Å². The molecule has 1 aromatic rings. The third-order valence-corrected chi connectivity index (χ3v) is 2.56. The lowest BCUT2D eigenvalue weighted by molar-refractivity contribution is -0.121. The predicted octanol–water partition coefficient (Wildman–Crippen LogP) is 2.37. The fraction of sp³-hybridized carbons (Fsp3) is 0.667. The van der Waals surface area contributed by atoms with E-state index in [1.807, 2.05) is 25.5 Å². The van der Waals surface area contributed by atoms with Crippen molar-refractivity contribution in [2.24, 2.45) is 5.92 Å². The monoisotopic (exact) mass is 208 g/mol. The van der Waals surface area contributed by atoms with Gasteiger partial charge >= 0.3 is 0 Å². The molecule has 1 aromatic heterocycles. The lowest BCUT2D eigenvalue weighted by Crippen LogP contribution is -2.10. The lowest BCUT2D eigenvalue weighted by atomic mass is 10.0. The molecule has 0 saturated carbocycles. The Labute approximate surface area is 91.5 Å². The van der Waals surface area contributed by atoms with E-state index in [0.717, 1.165) is 18.7 Å². The number of aromatic nitrogens is 2. The fourth-order valence-electron chi connectivity index (χ4n) is 1.61. The van der Waals surface area contributed by atoms with Crippen LogP contribution >= 0.6 is 0 Å². The highest BCUT2D eigenvalue weighted by Crippen LogP contribution is 2.09. The molecule has 0 bridgehead atoms. The summed E-state index contributed by atoms with van der Waals surface area (Å²) in [6, 6.07) is 2.07. The highest BCUT2D eigenvalue weighted by atomic mass is 16.1. The molecule has 0 spiro atoms. The minimum Gasteiger partial charge on any atom is -0.299 e. The molecule has 0 unspecified atom stereocenters. The average molecular weight is 208 g/mol. The van der Waals surface area contributed by atoms with E-state index in [-0.39, 0.29) is 5.92 Å². The van der Waals surface area contributed by atoms with Gasteiger partial charge < -0.3 is 0 Å². The zero-order chi connectivity index (χ0) is 11.4. The van der Waals surface area contributed by atoms with Gasteiger partial charge in [0.25, 0.3) is 0 Å². The van der Waals surface area contributed by atoms with Crippen LogP contribution in [0.5, 0.6) is 0 Å². The minimum absolute atomic E-state index is 0.143. The molecule has 0 aliphatic rings.